The minimum Gasteiger partial charge on any atom is -0.343 e. The molecule has 1 saturated heterocycles. The van der Waals surface area contributed by atoms with Crippen LogP contribution in [-0.2, 0) is 4.79 Å². The van der Waals surface area contributed by atoms with Crippen molar-refractivity contribution < 1.29 is 9.18 Å². The Kier molecular flexibility index (Phi) is 6.34. The second kappa shape index (κ2) is 6.83. The van der Waals surface area contributed by atoms with Crippen molar-refractivity contribution in [1.82, 2.24) is 4.90 Å². The largest absolute Gasteiger partial charge is 0.343 e. The van der Waals surface area contributed by atoms with E-state index in [9.17, 15) is 9.18 Å². The Morgan fingerprint density at radius 1 is 1.42 bits per heavy atom. The minimum absolute atomic E-state index is 0.231. The van der Waals surface area contributed by atoms with Crippen molar-refractivity contribution in [2.24, 2.45) is 0 Å². The van der Waals surface area contributed by atoms with Crippen LogP contribution in [0.15, 0.2) is 12.9 Å². The molecule has 0 spiro atoms. The van der Waals surface area contributed by atoms with Gasteiger partial charge < -0.3 is 4.90 Å². The first kappa shape index (κ1) is 11.1. The zero-order chi connectivity index (χ0) is 9.40. The van der Waals surface area contributed by atoms with E-state index in [4.69, 9.17) is 0 Å². The molecule has 0 atom stereocenters. The Bertz CT molecular complexity index is 141. The summed E-state index contributed by atoms with van der Waals surface area (Å²) >= 11 is 0. The summed E-state index contributed by atoms with van der Waals surface area (Å²) in [5.41, 5.74) is 0. The van der Waals surface area contributed by atoms with Crippen LogP contribution in [-0.4, -0.2) is 23.9 Å². The fraction of sp³-hybridized carbons (Fsp3) is 0.667. The number of likely N-dealkylation sites (tertiary alicyclic amines) is 1. The first-order valence-corrected chi connectivity index (χ1v) is 4.19. The van der Waals surface area contributed by atoms with Gasteiger partial charge in [-0.2, -0.15) is 0 Å². The summed E-state index contributed by atoms with van der Waals surface area (Å²) in [4.78, 5) is 12.6. The first-order chi connectivity index (χ1) is 5.72. The summed E-state index contributed by atoms with van der Waals surface area (Å²) in [6.07, 6.45) is 3.93. The van der Waals surface area contributed by atoms with Crippen LogP contribution < -0.4 is 0 Å². The Hall–Kier alpha value is -0.860. The highest BCUT2D eigenvalue weighted by Crippen LogP contribution is 2.07. The molecule has 0 aromatic carbocycles. The maximum absolute atomic E-state index is 10.7. The van der Waals surface area contributed by atoms with E-state index in [1.165, 1.54) is 19.3 Å². The molecule has 0 aliphatic carbocycles. The van der Waals surface area contributed by atoms with Crippen molar-refractivity contribution in [2.45, 2.75) is 26.2 Å². The number of hydrogen-bond donors (Lipinski definition) is 0. The van der Waals surface area contributed by atoms with Gasteiger partial charge in [0.15, 0.2) is 0 Å². The fourth-order valence-corrected chi connectivity index (χ4v) is 1.21. The lowest BCUT2D eigenvalue weighted by molar-refractivity contribution is -0.129. The molecular formula is C9H16FNO. The lowest BCUT2D eigenvalue weighted by Gasteiger charge is -2.24. The Morgan fingerprint density at radius 3 is 2.08 bits per heavy atom. The molecule has 3 heteroatoms. The van der Waals surface area contributed by atoms with Crippen LogP contribution in [0, 0.1) is 0 Å². The van der Waals surface area contributed by atoms with Crippen LogP contribution in [0.25, 0.3) is 0 Å². The molecule has 0 radical (unpaired) electrons. The maximum Gasteiger partial charge on any atom is 0.219 e. The Morgan fingerprint density at radius 2 is 1.83 bits per heavy atom. The number of carbonyl (C=O) groups excluding carboxylic acids is 1. The van der Waals surface area contributed by atoms with E-state index in [1.807, 2.05) is 4.90 Å². The summed E-state index contributed by atoms with van der Waals surface area (Å²) in [5, 5.41) is 0. The number of amides is 1. The molecule has 1 aliphatic rings. The molecule has 0 N–H and O–H groups in total. The number of hydrogen-bond acceptors (Lipinski definition) is 1. The molecule has 12 heavy (non-hydrogen) atoms. The van der Waals surface area contributed by atoms with Crippen molar-refractivity contribution in [1.29, 1.82) is 0 Å². The van der Waals surface area contributed by atoms with Crippen LogP contribution in [0.3, 0.4) is 0 Å². The van der Waals surface area contributed by atoms with E-state index < -0.39 is 0 Å². The summed E-state index contributed by atoms with van der Waals surface area (Å²) in [5.74, 6) is 0.231. The number of rotatable bonds is 0. The van der Waals surface area contributed by atoms with Gasteiger partial charge in [0, 0.05) is 20.0 Å². The van der Waals surface area contributed by atoms with E-state index in [0.717, 1.165) is 13.1 Å². The lowest BCUT2D eigenvalue weighted by atomic mass is 10.1. The van der Waals surface area contributed by atoms with Gasteiger partial charge in [0.1, 0.15) is 0 Å². The molecule has 1 fully saturated rings. The van der Waals surface area contributed by atoms with Crippen molar-refractivity contribution in [3.05, 3.63) is 12.9 Å². The smallest absolute Gasteiger partial charge is 0.219 e. The molecular weight excluding hydrogens is 157 g/mol. The van der Waals surface area contributed by atoms with Crippen LogP contribution in [0.4, 0.5) is 4.39 Å². The monoisotopic (exact) mass is 173 g/mol. The van der Waals surface area contributed by atoms with Gasteiger partial charge in [-0.25, -0.2) is 4.39 Å². The Labute approximate surface area is 73.1 Å². The average molecular weight is 173 g/mol. The molecule has 0 aromatic rings. The van der Waals surface area contributed by atoms with Gasteiger partial charge in [0.2, 0.25) is 5.91 Å². The van der Waals surface area contributed by atoms with Gasteiger partial charge in [-0.3, -0.25) is 4.79 Å². The number of halogens is 1. The predicted molar refractivity (Wildman–Crippen MR) is 47.4 cm³/mol. The zero-order valence-electron chi connectivity index (χ0n) is 7.55. The summed E-state index contributed by atoms with van der Waals surface area (Å²) in [6.45, 7) is 6.30. The molecule has 0 unspecified atom stereocenters. The highest BCUT2D eigenvalue weighted by Gasteiger charge is 2.10. The predicted octanol–water partition coefficient (Wildman–Crippen LogP) is 2.12. The normalized spacial score (nSPS) is 16.0. The lowest BCUT2D eigenvalue weighted by Crippen LogP contribution is -2.33. The molecule has 0 bridgehead atoms. The van der Waals surface area contributed by atoms with Crippen LogP contribution in [0.2, 0.25) is 0 Å². The zero-order valence-corrected chi connectivity index (χ0v) is 7.55. The molecule has 0 aromatic heterocycles. The van der Waals surface area contributed by atoms with Gasteiger partial charge in [0.05, 0.1) is 6.33 Å². The quantitative estimate of drug-likeness (QED) is 0.549. The van der Waals surface area contributed by atoms with Gasteiger partial charge in [-0.15, -0.1) is 0 Å². The van der Waals surface area contributed by atoms with E-state index >= 15 is 0 Å². The van der Waals surface area contributed by atoms with Gasteiger partial charge in [-0.1, -0.05) is 6.58 Å². The van der Waals surface area contributed by atoms with Crippen molar-refractivity contribution in [3.8, 4) is 0 Å². The minimum atomic E-state index is 0.231. The third kappa shape index (κ3) is 4.88. The molecule has 0 saturated carbocycles. The molecule has 1 heterocycles. The maximum atomic E-state index is 10.7. The molecule has 70 valence electrons. The third-order valence-electron chi connectivity index (χ3n) is 1.80. The van der Waals surface area contributed by atoms with Crippen molar-refractivity contribution in [3.63, 3.8) is 0 Å². The van der Waals surface area contributed by atoms with Crippen LogP contribution in [0.5, 0.6) is 0 Å². The van der Waals surface area contributed by atoms with E-state index in [0.29, 0.717) is 0 Å². The second-order valence-electron chi connectivity index (χ2n) is 2.72. The van der Waals surface area contributed by atoms with E-state index in [2.05, 4.69) is 6.58 Å². The number of piperidine rings is 1. The van der Waals surface area contributed by atoms with Crippen molar-refractivity contribution >= 4 is 5.91 Å². The highest BCUT2D eigenvalue weighted by atomic mass is 19.1. The second-order valence-corrected chi connectivity index (χ2v) is 2.72. The molecule has 1 aliphatic heterocycles. The molecule has 1 rings (SSSR count). The highest BCUT2D eigenvalue weighted by molar-refractivity contribution is 5.73. The summed E-state index contributed by atoms with van der Waals surface area (Å²) in [6, 6.07) is 0. The number of nitrogens with zero attached hydrogens (tertiary/aromatic N) is 1. The summed E-state index contributed by atoms with van der Waals surface area (Å²) < 4.78 is 10.1. The fourth-order valence-electron chi connectivity index (χ4n) is 1.21. The van der Waals surface area contributed by atoms with Crippen LogP contribution in [0.1, 0.15) is 26.2 Å². The van der Waals surface area contributed by atoms with E-state index in [1.54, 1.807) is 6.92 Å². The van der Waals surface area contributed by atoms with Crippen LogP contribution >= 0.6 is 0 Å². The van der Waals surface area contributed by atoms with Gasteiger partial charge in [0.25, 0.3) is 0 Å². The Balaban J connectivity index is 0.000000354. The number of carbonyl (C=O) groups is 1. The average Bonchev–Trinajstić information content (AvgIpc) is 2.07. The van der Waals surface area contributed by atoms with E-state index in [-0.39, 0.29) is 12.2 Å². The SMILES string of the molecule is C=CF.CC(=O)N1CCCCC1. The first-order valence-electron chi connectivity index (χ1n) is 4.19. The molecule has 2 nitrogen and oxygen atoms in total. The standard InChI is InChI=1S/C7H13NO.C2H3F/c1-7(9)8-5-3-2-4-6-8;1-2-3/h2-6H2,1H3;2H,1H2. The van der Waals surface area contributed by atoms with Gasteiger partial charge in [-0.05, 0) is 19.3 Å². The van der Waals surface area contributed by atoms with Gasteiger partial charge >= 0.3 is 0 Å². The topological polar surface area (TPSA) is 20.3 Å². The third-order valence-corrected chi connectivity index (χ3v) is 1.80. The molecule has 1 amide bonds. The van der Waals surface area contributed by atoms with Crippen molar-refractivity contribution in [2.75, 3.05) is 13.1 Å². The summed E-state index contributed by atoms with van der Waals surface area (Å²) in [7, 11) is 0.